The topological polar surface area (TPSA) is 36.9 Å². The number of hydrogen-bond donors (Lipinski definition) is 0. The minimum atomic E-state index is -0.349. The molecule has 2 aliphatic heterocycles. The molecule has 2 aromatic carbocycles. The minimum absolute atomic E-state index is 0.0549. The van der Waals surface area contributed by atoms with E-state index in [9.17, 15) is 0 Å². The Morgan fingerprint density at radius 2 is 1.21 bits per heavy atom. The number of hydrogen-bond acceptors (Lipinski definition) is 4. The summed E-state index contributed by atoms with van der Waals surface area (Å²) in [6, 6.07) is 13.7. The Bertz CT molecular complexity index is 1140. The molecule has 2 unspecified atom stereocenters. The van der Waals surface area contributed by atoms with E-state index in [1.165, 1.54) is 60.8 Å². The van der Waals surface area contributed by atoms with Crippen LogP contribution in [-0.4, -0.2) is 37.1 Å². The number of unbranched alkanes of at least 4 members (excludes halogenated alkanes) is 5. The predicted octanol–water partition coefficient (Wildman–Crippen LogP) is 6.76. The molecule has 38 heavy (non-hydrogen) atoms. The highest BCUT2D eigenvalue weighted by atomic mass is 16.7. The van der Waals surface area contributed by atoms with E-state index in [0.29, 0.717) is 5.92 Å². The van der Waals surface area contributed by atoms with Gasteiger partial charge in [-0.15, -0.1) is 0 Å². The van der Waals surface area contributed by atoms with E-state index < -0.39 is 0 Å². The second-order valence-electron chi connectivity index (χ2n) is 13.2. The second kappa shape index (κ2) is 10.4. The zero-order chi connectivity index (χ0) is 27.3. The number of benzene rings is 2. The molecule has 0 saturated carbocycles. The molecule has 0 N–H and O–H groups in total. The van der Waals surface area contributed by atoms with Crippen LogP contribution in [0.3, 0.4) is 0 Å². The van der Waals surface area contributed by atoms with Crippen LogP contribution in [0.15, 0.2) is 36.4 Å². The normalized spacial score (nSPS) is 24.6. The van der Waals surface area contributed by atoms with Crippen LogP contribution in [0.2, 0.25) is 0 Å². The van der Waals surface area contributed by atoms with Crippen LogP contribution in [0.1, 0.15) is 117 Å². The maximum absolute atomic E-state index is 6.42. The fourth-order valence-corrected chi connectivity index (χ4v) is 6.00. The van der Waals surface area contributed by atoms with Gasteiger partial charge in [0.1, 0.15) is 0 Å². The van der Waals surface area contributed by atoms with Gasteiger partial charge >= 0.3 is 14.2 Å². The molecule has 2 heterocycles. The van der Waals surface area contributed by atoms with Crippen LogP contribution in [0.4, 0.5) is 0 Å². The Morgan fingerprint density at radius 3 is 1.74 bits per heavy atom. The van der Waals surface area contributed by atoms with Gasteiger partial charge in [-0.25, -0.2) is 0 Å². The molecule has 2 saturated heterocycles. The first kappa shape index (κ1) is 28.0. The van der Waals surface area contributed by atoms with Crippen LogP contribution in [-0.2, 0) is 18.6 Å². The van der Waals surface area contributed by atoms with E-state index in [1.807, 2.05) is 0 Å². The van der Waals surface area contributed by atoms with Crippen molar-refractivity contribution in [1.29, 1.82) is 0 Å². The van der Waals surface area contributed by atoms with Crippen molar-refractivity contribution in [2.75, 3.05) is 0 Å². The largest absolute Gasteiger partial charge is 0.494 e. The Morgan fingerprint density at radius 1 is 0.684 bits per heavy atom. The average Bonchev–Trinajstić information content (AvgIpc) is 3.40. The molecular weight excluding hydrogens is 470 g/mol. The van der Waals surface area contributed by atoms with Gasteiger partial charge in [-0.2, -0.15) is 0 Å². The molecule has 1 aliphatic carbocycles. The fraction of sp³-hybridized carbons (Fsp3) is 0.625. The third kappa shape index (κ3) is 5.14. The van der Waals surface area contributed by atoms with Crippen molar-refractivity contribution in [1.82, 2.24) is 0 Å². The van der Waals surface area contributed by atoms with Gasteiger partial charge in [0, 0.05) is 5.92 Å². The lowest BCUT2D eigenvalue weighted by molar-refractivity contribution is 0.00578. The van der Waals surface area contributed by atoms with Crippen molar-refractivity contribution < 1.29 is 18.6 Å². The molecule has 2 atom stereocenters. The highest BCUT2D eigenvalue weighted by Gasteiger charge is 2.52. The predicted molar refractivity (Wildman–Crippen MR) is 159 cm³/mol. The van der Waals surface area contributed by atoms with Crippen molar-refractivity contribution >= 4 is 25.2 Å². The Hall–Kier alpha value is -1.59. The quantitative estimate of drug-likeness (QED) is 0.273. The molecule has 0 spiro atoms. The molecule has 0 amide bonds. The van der Waals surface area contributed by atoms with Crippen molar-refractivity contribution in [2.45, 2.75) is 129 Å². The molecule has 0 aromatic heterocycles. The van der Waals surface area contributed by atoms with E-state index in [0.717, 1.165) is 17.3 Å². The van der Waals surface area contributed by atoms with Gasteiger partial charge in [-0.05, 0) is 88.1 Å². The molecule has 0 radical (unpaired) electrons. The van der Waals surface area contributed by atoms with Gasteiger partial charge < -0.3 is 18.6 Å². The zero-order valence-corrected chi connectivity index (χ0v) is 24.9. The molecule has 4 nitrogen and oxygen atoms in total. The minimum Gasteiger partial charge on any atom is -0.402 e. The van der Waals surface area contributed by atoms with Crippen molar-refractivity contribution in [3.8, 4) is 11.1 Å². The van der Waals surface area contributed by atoms with E-state index >= 15 is 0 Å². The molecule has 0 bridgehead atoms. The van der Waals surface area contributed by atoms with Crippen LogP contribution >= 0.6 is 0 Å². The summed E-state index contributed by atoms with van der Waals surface area (Å²) in [4.78, 5) is 0. The molecular formula is C32H46B2O4. The van der Waals surface area contributed by atoms with E-state index in [2.05, 4.69) is 91.8 Å². The standard InChI is InChI=1S/C32H46B2O4/c1-9-10-11-12-13-14-15-25-28-20-23(33-35-22(2)30(3,4)36-33)16-18-26(28)27-19-17-24(21-29(25)27)34-37-31(5,6)32(7,8)38-34/h16-22,25H,9-15H2,1-8H3. The number of fused-ring (bicyclic) bond motifs is 3. The van der Waals surface area contributed by atoms with Crippen LogP contribution in [0.5, 0.6) is 0 Å². The lowest BCUT2D eigenvalue weighted by Gasteiger charge is -2.32. The van der Waals surface area contributed by atoms with Gasteiger partial charge in [0.2, 0.25) is 0 Å². The number of rotatable bonds is 9. The summed E-state index contributed by atoms with van der Waals surface area (Å²) in [5.74, 6) is 0.361. The van der Waals surface area contributed by atoms with Crippen molar-refractivity contribution in [3.63, 3.8) is 0 Å². The van der Waals surface area contributed by atoms with E-state index in [4.69, 9.17) is 18.6 Å². The maximum atomic E-state index is 6.42. The Labute approximate surface area is 231 Å². The van der Waals surface area contributed by atoms with Gasteiger partial charge in [0.15, 0.2) is 0 Å². The summed E-state index contributed by atoms with van der Waals surface area (Å²) >= 11 is 0. The van der Waals surface area contributed by atoms with Crippen molar-refractivity contribution in [2.24, 2.45) is 0 Å². The van der Waals surface area contributed by atoms with Gasteiger partial charge in [0.25, 0.3) is 0 Å². The lowest BCUT2D eigenvalue weighted by Crippen LogP contribution is -2.41. The van der Waals surface area contributed by atoms with E-state index in [-0.39, 0.29) is 37.1 Å². The second-order valence-corrected chi connectivity index (χ2v) is 13.2. The van der Waals surface area contributed by atoms with Gasteiger partial charge in [-0.1, -0.05) is 81.8 Å². The average molecular weight is 516 g/mol. The summed E-state index contributed by atoms with van der Waals surface area (Å²) in [6.07, 6.45) is 9.02. The third-order valence-electron chi connectivity index (χ3n) is 9.55. The monoisotopic (exact) mass is 516 g/mol. The zero-order valence-electron chi connectivity index (χ0n) is 24.9. The van der Waals surface area contributed by atoms with Crippen LogP contribution in [0, 0.1) is 0 Å². The molecule has 2 aromatic rings. The molecule has 204 valence electrons. The summed E-state index contributed by atoms with van der Waals surface area (Å²) in [7, 11) is -0.660. The van der Waals surface area contributed by atoms with Crippen molar-refractivity contribution in [3.05, 3.63) is 47.5 Å². The highest BCUT2D eigenvalue weighted by molar-refractivity contribution is 6.62. The first-order valence-electron chi connectivity index (χ1n) is 14.9. The van der Waals surface area contributed by atoms with Gasteiger partial charge in [-0.3, -0.25) is 0 Å². The fourth-order valence-electron chi connectivity index (χ4n) is 6.00. The molecule has 2 fully saturated rings. The molecule has 3 aliphatic rings. The van der Waals surface area contributed by atoms with Gasteiger partial charge in [0.05, 0.1) is 22.9 Å². The van der Waals surface area contributed by atoms with Crippen LogP contribution in [0.25, 0.3) is 11.1 Å². The summed E-state index contributed by atoms with van der Waals surface area (Å²) < 4.78 is 25.4. The molecule has 5 rings (SSSR count). The summed E-state index contributed by atoms with van der Waals surface area (Å²) in [6.45, 7) is 17.1. The highest BCUT2D eigenvalue weighted by Crippen LogP contribution is 2.47. The lowest BCUT2D eigenvalue weighted by atomic mass is 9.76. The first-order valence-corrected chi connectivity index (χ1v) is 14.9. The maximum Gasteiger partial charge on any atom is 0.494 e. The first-order chi connectivity index (χ1) is 17.9. The van der Waals surface area contributed by atoms with E-state index in [1.54, 1.807) is 0 Å². The molecule has 6 heteroatoms. The summed E-state index contributed by atoms with van der Waals surface area (Å²) in [5, 5.41) is 0. The van der Waals surface area contributed by atoms with Crippen LogP contribution < -0.4 is 10.9 Å². The SMILES string of the molecule is CCCCCCCCC1c2cc(B3OC(C)C(C)(C)O3)ccc2-c2ccc(B3OC(C)(C)C(C)(C)O3)cc21. The third-order valence-corrected chi connectivity index (χ3v) is 9.55. The smallest absolute Gasteiger partial charge is 0.402 e. The summed E-state index contributed by atoms with van der Waals surface area (Å²) in [5.41, 5.74) is 6.73. The Balaban J connectivity index is 1.44. The Kier molecular flexibility index (Phi) is 7.67.